The van der Waals surface area contributed by atoms with Crippen molar-refractivity contribution >= 4 is 17.3 Å². The smallest absolute Gasteiger partial charge is 0.248 e. The van der Waals surface area contributed by atoms with Gasteiger partial charge in [-0.2, -0.15) is 0 Å². The highest BCUT2D eigenvalue weighted by molar-refractivity contribution is 5.95. The van der Waals surface area contributed by atoms with E-state index in [-0.39, 0.29) is 0 Å². The Morgan fingerprint density at radius 1 is 1.10 bits per heavy atom. The van der Waals surface area contributed by atoms with Gasteiger partial charge in [0.15, 0.2) is 0 Å². The van der Waals surface area contributed by atoms with E-state index in [4.69, 9.17) is 11.5 Å². The van der Waals surface area contributed by atoms with E-state index >= 15 is 0 Å². The van der Waals surface area contributed by atoms with E-state index in [9.17, 15) is 4.79 Å². The second-order valence-corrected chi connectivity index (χ2v) is 5.43. The third-order valence-corrected chi connectivity index (χ3v) is 4.01. The van der Waals surface area contributed by atoms with Gasteiger partial charge in [0.05, 0.1) is 11.4 Å². The number of carbonyl (C=O) groups is 1. The Balaban J connectivity index is 1.97. The van der Waals surface area contributed by atoms with Gasteiger partial charge in [0.2, 0.25) is 5.91 Å². The van der Waals surface area contributed by atoms with Crippen LogP contribution >= 0.6 is 0 Å². The monoisotopic (exact) mass is 281 g/mol. The number of benzene rings is 2. The lowest BCUT2D eigenvalue weighted by Gasteiger charge is -2.25. The first-order valence-electron chi connectivity index (χ1n) is 7.16. The van der Waals surface area contributed by atoms with Crippen molar-refractivity contribution in [1.29, 1.82) is 0 Å². The van der Waals surface area contributed by atoms with Crippen molar-refractivity contribution in [1.82, 2.24) is 0 Å². The first-order chi connectivity index (χ1) is 10.1. The van der Waals surface area contributed by atoms with Crippen LogP contribution in [0.1, 0.15) is 27.9 Å². The molecule has 2 aromatic rings. The van der Waals surface area contributed by atoms with Crippen LogP contribution in [-0.4, -0.2) is 12.5 Å². The maximum atomic E-state index is 11.4. The van der Waals surface area contributed by atoms with E-state index in [1.807, 2.05) is 0 Å². The molecule has 4 heteroatoms. The summed E-state index contributed by atoms with van der Waals surface area (Å²) in [5.41, 5.74) is 16.2. The number of nitrogens with zero attached hydrogens (tertiary/aromatic N) is 1. The SMILES string of the molecule is NC(=O)c1ccc(N)c(N2CCCc3ccccc3C2)c1. The first kappa shape index (κ1) is 13.5. The fourth-order valence-corrected chi connectivity index (χ4v) is 2.88. The minimum atomic E-state index is -0.425. The molecule has 0 saturated heterocycles. The van der Waals surface area contributed by atoms with Crippen molar-refractivity contribution in [2.45, 2.75) is 19.4 Å². The molecule has 4 N–H and O–H groups in total. The van der Waals surface area contributed by atoms with Crippen LogP contribution in [0.4, 0.5) is 11.4 Å². The Morgan fingerprint density at radius 2 is 1.86 bits per heavy atom. The van der Waals surface area contributed by atoms with Crippen LogP contribution in [0.5, 0.6) is 0 Å². The lowest BCUT2D eigenvalue weighted by molar-refractivity contribution is 0.100. The van der Waals surface area contributed by atoms with Crippen LogP contribution < -0.4 is 16.4 Å². The molecular formula is C17H19N3O. The zero-order chi connectivity index (χ0) is 14.8. The van der Waals surface area contributed by atoms with Crippen LogP contribution in [-0.2, 0) is 13.0 Å². The molecule has 0 aromatic heterocycles. The number of anilines is 2. The number of hydrogen-bond acceptors (Lipinski definition) is 3. The molecule has 4 nitrogen and oxygen atoms in total. The topological polar surface area (TPSA) is 72.3 Å². The normalized spacial score (nSPS) is 14.4. The zero-order valence-corrected chi connectivity index (χ0v) is 11.9. The van der Waals surface area contributed by atoms with Gasteiger partial charge < -0.3 is 16.4 Å². The molecule has 0 atom stereocenters. The van der Waals surface area contributed by atoms with Gasteiger partial charge in [-0.3, -0.25) is 4.79 Å². The Kier molecular flexibility index (Phi) is 3.52. The molecule has 0 saturated carbocycles. The fraction of sp³-hybridized carbons (Fsp3) is 0.235. The predicted molar refractivity (Wildman–Crippen MR) is 85.2 cm³/mol. The van der Waals surface area contributed by atoms with E-state index in [2.05, 4.69) is 29.2 Å². The Morgan fingerprint density at radius 3 is 2.62 bits per heavy atom. The molecule has 21 heavy (non-hydrogen) atoms. The molecule has 1 heterocycles. The summed E-state index contributed by atoms with van der Waals surface area (Å²) in [5.74, 6) is -0.425. The number of aryl methyl sites for hydroxylation is 1. The largest absolute Gasteiger partial charge is 0.397 e. The summed E-state index contributed by atoms with van der Waals surface area (Å²) in [6.07, 6.45) is 2.14. The van der Waals surface area contributed by atoms with Gasteiger partial charge in [0.1, 0.15) is 0 Å². The Labute approximate surface area is 124 Å². The van der Waals surface area contributed by atoms with Crippen molar-refractivity contribution in [2.24, 2.45) is 5.73 Å². The number of primary amides is 1. The molecule has 0 aliphatic carbocycles. The summed E-state index contributed by atoms with van der Waals surface area (Å²) in [4.78, 5) is 13.6. The van der Waals surface area contributed by atoms with Crippen molar-refractivity contribution < 1.29 is 4.79 Å². The van der Waals surface area contributed by atoms with Gasteiger partial charge >= 0.3 is 0 Å². The van der Waals surface area contributed by atoms with Crippen LogP contribution in [0.3, 0.4) is 0 Å². The quantitative estimate of drug-likeness (QED) is 0.830. The van der Waals surface area contributed by atoms with Gasteiger partial charge in [-0.05, 0) is 42.2 Å². The lowest BCUT2D eigenvalue weighted by atomic mass is 10.0. The molecule has 0 radical (unpaired) electrons. The number of fused-ring (bicyclic) bond motifs is 1. The summed E-state index contributed by atoms with van der Waals surface area (Å²) in [6.45, 7) is 1.73. The minimum Gasteiger partial charge on any atom is -0.397 e. The zero-order valence-electron chi connectivity index (χ0n) is 11.9. The van der Waals surface area contributed by atoms with Crippen LogP contribution in [0.15, 0.2) is 42.5 Å². The molecule has 3 rings (SSSR count). The number of carbonyl (C=O) groups excluding carboxylic acids is 1. The summed E-state index contributed by atoms with van der Waals surface area (Å²) in [6, 6.07) is 13.7. The third kappa shape index (κ3) is 2.70. The van der Waals surface area contributed by atoms with Crippen molar-refractivity contribution in [2.75, 3.05) is 17.2 Å². The second-order valence-electron chi connectivity index (χ2n) is 5.43. The highest BCUT2D eigenvalue weighted by Gasteiger charge is 2.17. The number of rotatable bonds is 2. The first-order valence-corrected chi connectivity index (χ1v) is 7.16. The van der Waals surface area contributed by atoms with Gasteiger partial charge in [0.25, 0.3) is 0 Å². The van der Waals surface area contributed by atoms with Gasteiger partial charge in [-0.25, -0.2) is 0 Å². The number of hydrogen-bond donors (Lipinski definition) is 2. The molecular weight excluding hydrogens is 262 g/mol. The standard InChI is InChI=1S/C17H19N3O/c18-15-8-7-13(17(19)21)10-16(15)20-9-3-6-12-4-1-2-5-14(12)11-20/h1-2,4-5,7-8,10H,3,6,9,11,18H2,(H2,19,21). The third-order valence-electron chi connectivity index (χ3n) is 4.01. The van der Waals surface area contributed by atoms with Crippen molar-refractivity contribution in [3.8, 4) is 0 Å². The molecule has 1 aliphatic rings. The van der Waals surface area contributed by atoms with Crippen molar-refractivity contribution in [3.05, 3.63) is 59.2 Å². The highest BCUT2D eigenvalue weighted by atomic mass is 16.1. The van der Waals surface area contributed by atoms with E-state index in [0.717, 1.165) is 31.6 Å². The Hall–Kier alpha value is -2.49. The lowest BCUT2D eigenvalue weighted by Crippen LogP contribution is -2.24. The molecule has 2 aromatic carbocycles. The van der Waals surface area contributed by atoms with Gasteiger partial charge in [-0.1, -0.05) is 24.3 Å². The molecule has 0 fully saturated rings. The maximum Gasteiger partial charge on any atom is 0.248 e. The van der Waals surface area contributed by atoms with E-state index in [1.165, 1.54) is 11.1 Å². The van der Waals surface area contributed by atoms with Crippen LogP contribution in [0.2, 0.25) is 0 Å². The fourth-order valence-electron chi connectivity index (χ4n) is 2.88. The molecule has 0 unspecified atom stereocenters. The molecule has 0 spiro atoms. The van der Waals surface area contributed by atoms with Gasteiger partial charge in [0, 0.05) is 18.7 Å². The van der Waals surface area contributed by atoms with E-state index < -0.39 is 5.91 Å². The average molecular weight is 281 g/mol. The van der Waals surface area contributed by atoms with Crippen LogP contribution in [0.25, 0.3) is 0 Å². The Bertz CT molecular complexity index is 681. The van der Waals surface area contributed by atoms with Crippen molar-refractivity contribution in [3.63, 3.8) is 0 Å². The summed E-state index contributed by atoms with van der Waals surface area (Å²) in [5, 5.41) is 0. The second kappa shape index (κ2) is 5.48. The summed E-state index contributed by atoms with van der Waals surface area (Å²) < 4.78 is 0. The molecule has 1 amide bonds. The minimum absolute atomic E-state index is 0.425. The summed E-state index contributed by atoms with van der Waals surface area (Å²) >= 11 is 0. The maximum absolute atomic E-state index is 11.4. The molecule has 1 aliphatic heterocycles. The van der Waals surface area contributed by atoms with Gasteiger partial charge in [-0.15, -0.1) is 0 Å². The average Bonchev–Trinajstić information content (AvgIpc) is 2.69. The summed E-state index contributed by atoms with van der Waals surface area (Å²) in [7, 11) is 0. The van der Waals surface area contributed by atoms with E-state index in [1.54, 1.807) is 18.2 Å². The predicted octanol–water partition coefficient (Wildman–Crippen LogP) is 2.32. The van der Waals surface area contributed by atoms with E-state index in [0.29, 0.717) is 11.3 Å². The molecule has 0 bridgehead atoms. The number of nitrogens with two attached hydrogens (primary N) is 2. The number of amides is 1. The molecule has 108 valence electrons. The van der Waals surface area contributed by atoms with Crippen LogP contribution in [0, 0.1) is 0 Å². The highest BCUT2D eigenvalue weighted by Crippen LogP contribution is 2.29. The number of nitrogen functional groups attached to an aromatic ring is 1.